The monoisotopic (exact) mass is 397 g/mol. The second-order valence-corrected chi connectivity index (χ2v) is 7.11. The van der Waals surface area contributed by atoms with Crippen molar-refractivity contribution in [2.24, 2.45) is 5.10 Å². The fourth-order valence-electron chi connectivity index (χ4n) is 3.27. The van der Waals surface area contributed by atoms with Crippen LogP contribution in [-0.4, -0.2) is 23.3 Å². The highest BCUT2D eigenvalue weighted by Crippen LogP contribution is 2.21. The first-order valence-electron chi connectivity index (χ1n) is 9.82. The van der Waals surface area contributed by atoms with Gasteiger partial charge < -0.3 is 9.30 Å². The highest BCUT2D eigenvalue weighted by Gasteiger charge is 2.07. The topological polar surface area (TPSA) is 55.6 Å². The van der Waals surface area contributed by atoms with Crippen LogP contribution in [-0.2, 0) is 11.3 Å². The average molecular weight is 397 g/mol. The number of carbonyl (C=O) groups excluding carboxylic acids is 1. The Morgan fingerprint density at radius 2 is 1.73 bits per heavy atom. The highest BCUT2D eigenvalue weighted by molar-refractivity contribution is 5.99. The molecule has 0 radical (unpaired) electrons. The third-order valence-electron chi connectivity index (χ3n) is 4.80. The molecule has 1 N–H and O–H groups in total. The lowest BCUT2D eigenvalue weighted by atomic mass is 10.1. The molecule has 5 nitrogen and oxygen atoms in total. The number of hydrogen-bond donors (Lipinski definition) is 1. The zero-order chi connectivity index (χ0) is 20.8. The van der Waals surface area contributed by atoms with Crippen molar-refractivity contribution in [1.82, 2.24) is 9.99 Å². The molecule has 0 aliphatic carbocycles. The second-order valence-electron chi connectivity index (χ2n) is 7.11. The summed E-state index contributed by atoms with van der Waals surface area (Å²) >= 11 is 0. The summed E-state index contributed by atoms with van der Waals surface area (Å²) in [7, 11) is 0. The van der Waals surface area contributed by atoms with Gasteiger partial charge in [0.15, 0.2) is 6.61 Å². The van der Waals surface area contributed by atoms with Crippen molar-refractivity contribution in [3.63, 3.8) is 0 Å². The van der Waals surface area contributed by atoms with Crippen molar-refractivity contribution < 1.29 is 9.53 Å². The molecule has 150 valence electrons. The second kappa shape index (κ2) is 9.09. The molecule has 1 aromatic heterocycles. The number of carbonyl (C=O) groups is 1. The van der Waals surface area contributed by atoms with Gasteiger partial charge in [-0.1, -0.05) is 66.2 Å². The molecule has 0 spiro atoms. The molecule has 0 unspecified atom stereocenters. The van der Waals surface area contributed by atoms with Crippen molar-refractivity contribution >= 4 is 23.0 Å². The Morgan fingerprint density at radius 3 is 2.53 bits per heavy atom. The van der Waals surface area contributed by atoms with Crippen LogP contribution in [0.5, 0.6) is 5.75 Å². The van der Waals surface area contributed by atoms with Gasteiger partial charge in [-0.3, -0.25) is 4.79 Å². The number of hydrazone groups is 1. The summed E-state index contributed by atoms with van der Waals surface area (Å²) < 4.78 is 7.63. The third kappa shape index (κ3) is 4.75. The van der Waals surface area contributed by atoms with Crippen LogP contribution in [0.25, 0.3) is 10.9 Å². The van der Waals surface area contributed by atoms with Crippen LogP contribution in [0.4, 0.5) is 0 Å². The molecule has 3 aromatic carbocycles. The molecule has 0 fully saturated rings. The zero-order valence-electron chi connectivity index (χ0n) is 16.8. The fourth-order valence-corrected chi connectivity index (χ4v) is 3.27. The molecule has 0 saturated carbocycles. The fraction of sp³-hybridized carbons (Fsp3) is 0.120. The standard InChI is InChI=1S/C25H23N3O2/c1-19-11-13-20(14-12-19)16-28-17-21(23-9-5-6-10-24(23)28)15-26-27-25(29)18-30-22-7-3-2-4-8-22/h2-15,17H,16,18H2,1H3,(H,27,29)/b26-15-. The number of nitrogens with one attached hydrogen (secondary N) is 1. The van der Waals surface area contributed by atoms with Gasteiger partial charge in [-0.05, 0) is 30.7 Å². The molecule has 30 heavy (non-hydrogen) atoms. The number of aromatic nitrogens is 1. The van der Waals surface area contributed by atoms with E-state index >= 15 is 0 Å². The molecule has 4 aromatic rings. The van der Waals surface area contributed by atoms with Crippen molar-refractivity contribution in [2.45, 2.75) is 13.5 Å². The van der Waals surface area contributed by atoms with E-state index in [1.54, 1.807) is 18.3 Å². The maximum atomic E-state index is 12.0. The number of para-hydroxylation sites is 2. The minimum Gasteiger partial charge on any atom is -0.484 e. The average Bonchev–Trinajstić information content (AvgIpc) is 3.12. The van der Waals surface area contributed by atoms with Gasteiger partial charge in [-0.2, -0.15) is 5.10 Å². The van der Waals surface area contributed by atoms with Gasteiger partial charge in [0.1, 0.15) is 5.75 Å². The maximum absolute atomic E-state index is 12.0. The molecule has 0 atom stereocenters. The van der Waals surface area contributed by atoms with E-state index in [2.05, 4.69) is 64.6 Å². The predicted octanol–water partition coefficient (Wildman–Crippen LogP) is 4.53. The van der Waals surface area contributed by atoms with E-state index in [1.807, 2.05) is 30.3 Å². The smallest absolute Gasteiger partial charge is 0.277 e. The number of fused-ring (bicyclic) bond motifs is 1. The number of aryl methyl sites for hydroxylation is 1. The SMILES string of the molecule is Cc1ccc(Cn2cc(/C=N\NC(=O)COc3ccccc3)c3ccccc32)cc1. The first kappa shape index (κ1) is 19.5. The number of nitrogens with zero attached hydrogens (tertiary/aromatic N) is 2. The van der Waals surface area contributed by atoms with E-state index in [0.29, 0.717) is 5.75 Å². The van der Waals surface area contributed by atoms with Gasteiger partial charge in [-0.15, -0.1) is 0 Å². The number of amides is 1. The molecular weight excluding hydrogens is 374 g/mol. The molecule has 0 bridgehead atoms. The Bertz CT molecular complexity index is 1160. The summed E-state index contributed by atoms with van der Waals surface area (Å²) in [4.78, 5) is 12.0. The molecule has 1 amide bonds. The van der Waals surface area contributed by atoms with Crippen molar-refractivity contribution in [2.75, 3.05) is 6.61 Å². The molecular formula is C25H23N3O2. The third-order valence-corrected chi connectivity index (χ3v) is 4.80. The van der Waals surface area contributed by atoms with Gasteiger partial charge >= 0.3 is 0 Å². The lowest BCUT2D eigenvalue weighted by molar-refractivity contribution is -0.123. The number of rotatable bonds is 7. The van der Waals surface area contributed by atoms with E-state index in [0.717, 1.165) is 23.0 Å². The number of benzene rings is 3. The summed E-state index contributed by atoms with van der Waals surface area (Å²) in [5.41, 5.74) is 7.08. The Balaban J connectivity index is 1.44. The molecule has 0 aliphatic rings. The lowest BCUT2D eigenvalue weighted by Gasteiger charge is -2.06. The predicted molar refractivity (Wildman–Crippen MR) is 120 cm³/mol. The Morgan fingerprint density at radius 1 is 1.00 bits per heavy atom. The summed E-state index contributed by atoms with van der Waals surface area (Å²) in [5.74, 6) is 0.342. The minimum absolute atomic E-state index is 0.0868. The van der Waals surface area contributed by atoms with Gasteiger partial charge in [0.05, 0.1) is 6.21 Å². The van der Waals surface area contributed by atoms with E-state index < -0.39 is 0 Å². The Kier molecular flexibility index (Phi) is 5.90. The molecule has 0 aliphatic heterocycles. The summed E-state index contributed by atoms with van der Waals surface area (Å²) in [6.07, 6.45) is 3.73. The summed E-state index contributed by atoms with van der Waals surface area (Å²) in [6.45, 7) is 2.77. The normalized spacial score (nSPS) is 11.1. The van der Waals surface area contributed by atoms with Crippen LogP contribution >= 0.6 is 0 Å². The van der Waals surface area contributed by atoms with E-state index in [4.69, 9.17) is 4.74 Å². The van der Waals surface area contributed by atoms with Gasteiger partial charge in [0, 0.05) is 29.2 Å². The first-order valence-corrected chi connectivity index (χ1v) is 9.82. The van der Waals surface area contributed by atoms with Crippen LogP contribution in [0.2, 0.25) is 0 Å². The van der Waals surface area contributed by atoms with Crippen LogP contribution in [0.3, 0.4) is 0 Å². The van der Waals surface area contributed by atoms with Gasteiger partial charge in [0.25, 0.3) is 5.91 Å². The summed E-state index contributed by atoms with van der Waals surface area (Å²) in [5, 5.41) is 5.20. The largest absolute Gasteiger partial charge is 0.484 e. The van der Waals surface area contributed by atoms with Crippen LogP contribution < -0.4 is 10.2 Å². The van der Waals surface area contributed by atoms with Crippen LogP contribution in [0.15, 0.2) is 90.2 Å². The van der Waals surface area contributed by atoms with E-state index in [1.165, 1.54) is 11.1 Å². The first-order chi connectivity index (χ1) is 14.7. The van der Waals surface area contributed by atoms with E-state index in [9.17, 15) is 4.79 Å². The van der Waals surface area contributed by atoms with Crippen LogP contribution in [0, 0.1) is 6.92 Å². The van der Waals surface area contributed by atoms with Crippen molar-refractivity contribution in [3.05, 3.63) is 102 Å². The molecule has 4 rings (SSSR count). The lowest BCUT2D eigenvalue weighted by Crippen LogP contribution is -2.24. The Labute approximate surface area is 175 Å². The molecule has 1 heterocycles. The number of hydrogen-bond acceptors (Lipinski definition) is 3. The zero-order valence-corrected chi connectivity index (χ0v) is 16.8. The van der Waals surface area contributed by atoms with E-state index in [-0.39, 0.29) is 12.5 Å². The number of ether oxygens (including phenoxy) is 1. The maximum Gasteiger partial charge on any atom is 0.277 e. The minimum atomic E-state index is -0.307. The molecule has 5 heteroatoms. The highest BCUT2D eigenvalue weighted by atomic mass is 16.5. The molecule has 0 saturated heterocycles. The summed E-state index contributed by atoms with van der Waals surface area (Å²) in [6, 6.07) is 25.9. The van der Waals surface area contributed by atoms with Crippen molar-refractivity contribution in [1.29, 1.82) is 0 Å². The van der Waals surface area contributed by atoms with Crippen molar-refractivity contribution in [3.8, 4) is 5.75 Å². The van der Waals surface area contributed by atoms with Gasteiger partial charge in [0.2, 0.25) is 0 Å². The quantitative estimate of drug-likeness (QED) is 0.368. The Hall–Kier alpha value is -3.86. The van der Waals surface area contributed by atoms with Crippen LogP contribution in [0.1, 0.15) is 16.7 Å². The van der Waals surface area contributed by atoms with Gasteiger partial charge in [-0.25, -0.2) is 5.43 Å².